The van der Waals surface area contributed by atoms with Gasteiger partial charge >= 0.3 is 0 Å². The average Bonchev–Trinajstić information content (AvgIpc) is 3.41. The second kappa shape index (κ2) is 6.16. The van der Waals surface area contributed by atoms with Crippen molar-refractivity contribution in [3.05, 3.63) is 30.6 Å². The van der Waals surface area contributed by atoms with E-state index >= 15 is 0 Å². The van der Waals surface area contributed by atoms with Crippen LogP contribution in [-0.4, -0.2) is 65.6 Å². The van der Waals surface area contributed by atoms with E-state index in [1.807, 2.05) is 23.9 Å². The Kier molecular flexibility index (Phi) is 3.64. The summed E-state index contributed by atoms with van der Waals surface area (Å²) >= 11 is 0. The summed E-state index contributed by atoms with van der Waals surface area (Å²) in [6.45, 7) is 4.28. The first-order valence-electron chi connectivity index (χ1n) is 8.81. The first kappa shape index (κ1) is 15.9. The van der Waals surface area contributed by atoms with Crippen LogP contribution < -0.4 is 4.90 Å². The van der Waals surface area contributed by atoms with Gasteiger partial charge in [-0.25, -0.2) is 0 Å². The highest BCUT2D eigenvalue weighted by Crippen LogP contribution is 2.29. The molecule has 4 aromatic heterocycles. The third-order valence-electron chi connectivity index (χ3n) is 4.86. The van der Waals surface area contributed by atoms with E-state index in [2.05, 4.69) is 43.4 Å². The number of nitrogens with zero attached hydrogens (tertiary/aromatic N) is 8. The van der Waals surface area contributed by atoms with Gasteiger partial charge in [0.2, 0.25) is 5.82 Å². The fourth-order valence-corrected chi connectivity index (χ4v) is 3.45. The van der Waals surface area contributed by atoms with Gasteiger partial charge in [0.25, 0.3) is 0 Å². The smallest absolute Gasteiger partial charge is 0.203 e. The van der Waals surface area contributed by atoms with Crippen molar-refractivity contribution in [3.63, 3.8) is 0 Å². The lowest BCUT2D eigenvalue weighted by atomic mass is 10.2. The molecule has 5 rings (SSSR count). The lowest BCUT2D eigenvalue weighted by Crippen LogP contribution is -2.44. The number of anilines is 1. The molecule has 1 atom stereocenters. The molecule has 10 nitrogen and oxygen atoms in total. The minimum atomic E-state index is 0.232. The van der Waals surface area contributed by atoms with E-state index in [0.29, 0.717) is 24.7 Å². The Bertz CT molecular complexity index is 1080. The molecule has 5 heterocycles. The molecule has 4 aromatic rings. The van der Waals surface area contributed by atoms with Crippen molar-refractivity contribution in [2.75, 3.05) is 24.7 Å². The van der Waals surface area contributed by atoms with E-state index in [-0.39, 0.29) is 6.04 Å². The molecule has 1 unspecified atom stereocenters. The zero-order valence-electron chi connectivity index (χ0n) is 15.1. The van der Waals surface area contributed by atoms with Crippen LogP contribution in [0.1, 0.15) is 6.92 Å². The van der Waals surface area contributed by atoms with Crippen molar-refractivity contribution in [2.24, 2.45) is 7.05 Å². The molecular formula is C17H19N9O. The first-order chi connectivity index (χ1) is 13.2. The summed E-state index contributed by atoms with van der Waals surface area (Å²) in [5.41, 5.74) is 3.32. The summed E-state index contributed by atoms with van der Waals surface area (Å²) in [7, 11) is 1.91. The summed E-state index contributed by atoms with van der Waals surface area (Å²) in [5.74, 6) is 1.48. The van der Waals surface area contributed by atoms with Crippen molar-refractivity contribution in [3.8, 4) is 22.8 Å². The summed E-state index contributed by atoms with van der Waals surface area (Å²) in [4.78, 5) is 2.25. The average molecular weight is 365 g/mol. The van der Waals surface area contributed by atoms with Gasteiger partial charge < -0.3 is 9.64 Å². The SMILES string of the molecule is CC1COCCN1c1cc(-c2ccnn2C)c2nnc(-c3ccn[nH]3)n2n1. The highest BCUT2D eigenvalue weighted by atomic mass is 16.5. The number of H-pyrrole nitrogens is 1. The third kappa shape index (κ3) is 2.56. The van der Waals surface area contributed by atoms with Gasteiger partial charge in [-0.2, -0.15) is 14.7 Å². The van der Waals surface area contributed by atoms with Crippen LogP contribution in [-0.2, 0) is 11.8 Å². The van der Waals surface area contributed by atoms with E-state index in [9.17, 15) is 0 Å². The van der Waals surface area contributed by atoms with Crippen molar-refractivity contribution >= 4 is 11.5 Å². The molecule has 0 saturated carbocycles. The Labute approximate surface area is 154 Å². The van der Waals surface area contributed by atoms with Gasteiger partial charge in [0, 0.05) is 26.0 Å². The van der Waals surface area contributed by atoms with E-state index < -0.39 is 0 Å². The Hall–Kier alpha value is -3.27. The maximum Gasteiger partial charge on any atom is 0.203 e. The zero-order valence-corrected chi connectivity index (χ0v) is 15.1. The number of hydrogen-bond donors (Lipinski definition) is 1. The zero-order chi connectivity index (χ0) is 18.4. The number of nitrogens with one attached hydrogen (secondary N) is 1. The number of aromatic nitrogens is 8. The molecular weight excluding hydrogens is 346 g/mol. The van der Waals surface area contributed by atoms with E-state index in [0.717, 1.165) is 29.3 Å². The lowest BCUT2D eigenvalue weighted by molar-refractivity contribution is 0.0984. The van der Waals surface area contributed by atoms with Gasteiger partial charge in [0.15, 0.2) is 11.5 Å². The number of rotatable bonds is 3. The van der Waals surface area contributed by atoms with Crippen LogP contribution in [0.3, 0.4) is 0 Å². The molecule has 1 aliphatic heterocycles. The number of fused-ring (bicyclic) bond motifs is 1. The van der Waals surface area contributed by atoms with Gasteiger partial charge in [0.05, 0.1) is 30.5 Å². The first-order valence-corrected chi connectivity index (χ1v) is 8.81. The molecule has 0 spiro atoms. The standard InChI is InChI=1S/C17H19N9O/c1-11-10-27-8-7-25(11)15-9-12(14-4-6-19-24(14)2)16-21-22-17(26(16)23-15)13-3-5-18-20-13/h3-6,9,11H,7-8,10H2,1-2H3,(H,18,20). The van der Waals surface area contributed by atoms with Crippen molar-refractivity contribution in [2.45, 2.75) is 13.0 Å². The monoisotopic (exact) mass is 365 g/mol. The van der Waals surface area contributed by atoms with Crippen LogP contribution in [0.15, 0.2) is 30.6 Å². The molecule has 27 heavy (non-hydrogen) atoms. The Morgan fingerprint density at radius 1 is 1.22 bits per heavy atom. The second-order valence-corrected chi connectivity index (χ2v) is 6.60. The van der Waals surface area contributed by atoms with E-state index in [4.69, 9.17) is 9.84 Å². The van der Waals surface area contributed by atoms with Gasteiger partial charge in [-0.3, -0.25) is 9.78 Å². The quantitative estimate of drug-likeness (QED) is 0.581. The normalized spacial score (nSPS) is 17.7. The number of hydrogen-bond acceptors (Lipinski definition) is 7. The maximum absolute atomic E-state index is 5.58. The minimum absolute atomic E-state index is 0.232. The van der Waals surface area contributed by atoms with Crippen molar-refractivity contribution in [1.29, 1.82) is 0 Å². The van der Waals surface area contributed by atoms with Crippen LogP contribution >= 0.6 is 0 Å². The fraction of sp³-hybridized carbons (Fsp3) is 0.353. The summed E-state index contributed by atoms with van der Waals surface area (Å²) in [5, 5.41) is 24.9. The van der Waals surface area contributed by atoms with Crippen LogP contribution in [0.2, 0.25) is 0 Å². The van der Waals surface area contributed by atoms with Gasteiger partial charge in [-0.05, 0) is 25.1 Å². The number of aromatic amines is 1. The van der Waals surface area contributed by atoms with Crippen LogP contribution in [0.25, 0.3) is 28.4 Å². The summed E-state index contributed by atoms with van der Waals surface area (Å²) in [6, 6.07) is 6.10. The van der Waals surface area contributed by atoms with Gasteiger partial charge in [-0.15, -0.1) is 15.3 Å². The Balaban J connectivity index is 1.76. The molecule has 1 N–H and O–H groups in total. The highest BCUT2D eigenvalue weighted by Gasteiger charge is 2.24. The topological polar surface area (TPSA) is 102 Å². The third-order valence-corrected chi connectivity index (χ3v) is 4.86. The maximum atomic E-state index is 5.58. The molecule has 0 aromatic carbocycles. The lowest BCUT2D eigenvalue weighted by Gasteiger charge is -2.34. The van der Waals surface area contributed by atoms with E-state index in [1.54, 1.807) is 16.9 Å². The molecule has 0 aliphatic carbocycles. The van der Waals surface area contributed by atoms with Crippen molar-refractivity contribution < 1.29 is 4.74 Å². The van der Waals surface area contributed by atoms with Gasteiger partial charge in [-0.1, -0.05) is 0 Å². The molecule has 138 valence electrons. The fourth-order valence-electron chi connectivity index (χ4n) is 3.45. The predicted octanol–water partition coefficient (Wildman–Crippen LogP) is 1.14. The number of aryl methyl sites for hydroxylation is 1. The molecule has 0 amide bonds. The summed E-state index contributed by atoms with van der Waals surface area (Å²) < 4.78 is 9.18. The number of ether oxygens (including phenoxy) is 1. The van der Waals surface area contributed by atoms with Gasteiger partial charge in [0.1, 0.15) is 5.69 Å². The second-order valence-electron chi connectivity index (χ2n) is 6.60. The van der Waals surface area contributed by atoms with Crippen LogP contribution in [0.4, 0.5) is 5.82 Å². The van der Waals surface area contributed by atoms with E-state index in [1.165, 1.54) is 0 Å². The molecule has 1 saturated heterocycles. The highest BCUT2D eigenvalue weighted by molar-refractivity contribution is 5.78. The summed E-state index contributed by atoms with van der Waals surface area (Å²) in [6.07, 6.45) is 3.46. The molecule has 10 heteroatoms. The molecule has 1 aliphatic rings. The number of morpholine rings is 1. The van der Waals surface area contributed by atoms with Crippen LogP contribution in [0, 0.1) is 0 Å². The van der Waals surface area contributed by atoms with Crippen molar-refractivity contribution in [1.82, 2.24) is 39.8 Å². The molecule has 0 radical (unpaired) electrons. The Morgan fingerprint density at radius 2 is 2.15 bits per heavy atom. The molecule has 0 bridgehead atoms. The Morgan fingerprint density at radius 3 is 2.89 bits per heavy atom. The largest absolute Gasteiger partial charge is 0.377 e. The predicted molar refractivity (Wildman–Crippen MR) is 98.2 cm³/mol. The molecule has 1 fully saturated rings. The van der Waals surface area contributed by atoms with Crippen LogP contribution in [0.5, 0.6) is 0 Å². The minimum Gasteiger partial charge on any atom is -0.377 e.